The fourth-order valence-corrected chi connectivity index (χ4v) is 1.47. The maximum absolute atomic E-state index is 8.51. The molecule has 0 aromatic rings. The number of nitrogens with zero attached hydrogens (tertiary/aromatic N) is 2. The van der Waals surface area contributed by atoms with Gasteiger partial charge in [-0.05, 0) is 13.8 Å². The van der Waals surface area contributed by atoms with Crippen molar-refractivity contribution in [3.8, 4) is 0 Å². The second kappa shape index (κ2) is 4.43. The Kier molecular flexibility index (Phi) is 3.50. The average Bonchev–Trinajstić information content (AvgIpc) is 2.15. The Labute approximate surface area is 78.1 Å². The normalized spacial score (nSPS) is 28.8. The van der Waals surface area contributed by atoms with Crippen LogP contribution in [0.15, 0.2) is 5.16 Å². The summed E-state index contributed by atoms with van der Waals surface area (Å²) in [5, 5.41) is 11.5. The lowest BCUT2D eigenvalue weighted by Crippen LogP contribution is -2.50. The third-order valence-corrected chi connectivity index (χ3v) is 2.36. The molecule has 2 unspecified atom stereocenters. The average molecular weight is 187 g/mol. The number of amidine groups is 1. The molecule has 1 fully saturated rings. The van der Waals surface area contributed by atoms with E-state index in [1.54, 1.807) is 0 Å². The van der Waals surface area contributed by atoms with E-state index in [9.17, 15) is 0 Å². The van der Waals surface area contributed by atoms with E-state index in [1.807, 2.05) is 13.8 Å². The van der Waals surface area contributed by atoms with Crippen molar-refractivity contribution in [2.45, 2.75) is 26.0 Å². The van der Waals surface area contributed by atoms with Gasteiger partial charge in [0.25, 0.3) is 0 Å². The van der Waals surface area contributed by atoms with E-state index in [0.29, 0.717) is 6.61 Å². The van der Waals surface area contributed by atoms with E-state index < -0.39 is 0 Å². The van der Waals surface area contributed by atoms with Crippen molar-refractivity contribution in [3.05, 3.63) is 0 Å². The molecule has 0 radical (unpaired) electrons. The van der Waals surface area contributed by atoms with Gasteiger partial charge >= 0.3 is 0 Å². The first-order valence-corrected chi connectivity index (χ1v) is 4.48. The lowest BCUT2D eigenvalue weighted by atomic mass is 10.2. The highest BCUT2D eigenvalue weighted by molar-refractivity contribution is 5.84. The van der Waals surface area contributed by atoms with Crippen LogP contribution in [-0.4, -0.2) is 47.8 Å². The van der Waals surface area contributed by atoms with E-state index in [1.165, 1.54) is 0 Å². The number of hydrogen-bond donors (Lipinski definition) is 2. The van der Waals surface area contributed by atoms with Gasteiger partial charge in [-0.25, -0.2) is 0 Å². The van der Waals surface area contributed by atoms with Crippen molar-refractivity contribution in [3.63, 3.8) is 0 Å². The van der Waals surface area contributed by atoms with Gasteiger partial charge in [-0.3, -0.25) is 4.90 Å². The van der Waals surface area contributed by atoms with Gasteiger partial charge in [0.15, 0.2) is 5.84 Å². The molecule has 2 atom stereocenters. The first kappa shape index (κ1) is 10.3. The molecule has 5 heteroatoms. The molecule has 1 heterocycles. The highest BCUT2D eigenvalue weighted by atomic mass is 16.5. The van der Waals surface area contributed by atoms with Crippen molar-refractivity contribution in [2.24, 2.45) is 10.9 Å². The minimum Gasteiger partial charge on any atom is -0.409 e. The summed E-state index contributed by atoms with van der Waals surface area (Å²) in [4.78, 5) is 2.14. The number of oxime groups is 1. The zero-order chi connectivity index (χ0) is 9.84. The molecule has 76 valence electrons. The molecular weight excluding hydrogens is 170 g/mol. The summed E-state index contributed by atoms with van der Waals surface area (Å²) in [7, 11) is 0. The summed E-state index contributed by atoms with van der Waals surface area (Å²) in [5.41, 5.74) is 5.51. The van der Waals surface area contributed by atoms with Crippen molar-refractivity contribution in [1.29, 1.82) is 0 Å². The number of morpholine rings is 1. The molecule has 0 spiro atoms. The molecule has 0 aromatic carbocycles. The van der Waals surface area contributed by atoms with Crippen molar-refractivity contribution >= 4 is 5.84 Å². The molecule has 3 N–H and O–H groups in total. The first-order chi connectivity index (χ1) is 6.15. The van der Waals surface area contributed by atoms with Gasteiger partial charge < -0.3 is 15.7 Å². The molecule has 0 aliphatic carbocycles. The predicted octanol–water partition coefficient (Wildman–Crippen LogP) is -0.158. The predicted molar refractivity (Wildman–Crippen MR) is 49.9 cm³/mol. The fourth-order valence-electron chi connectivity index (χ4n) is 1.47. The van der Waals surface area contributed by atoms with E-state index in [2.05, 4.69) is 10.1 Å². The van der Waals surface area contributed by atoms with E-state index in [4.69, 9.17) is 15.7 Å². The number of hydrogen-bond acceptors (Lipinski definition) is 4. The minimum atomic E-state index is -0.0173. The second-order valence-electron chi connectivity index (χ2n) is 3.38. The van der Waals surface area contributed by atoms with Crippen LogP contribution in [0.4, 0.5) is 0 Å². The zero-order valence-electron chi connectivity index (χ0n) is 8.10. The highest BCUT2D eigenvalue weighted by Gasteiger charge is 2.23. The summed E-state index contributed by atoms with van der Waals surface area (Å²) in [5.74, 6) is 0.258. The van der Waals surface area contributed by atoms with Crippen molar-refractivity contribution in [2.75, 3.05) is 19.7 Å². The van der Waals surface area contributed by atoms with Crippen LogP contribution in [0.25, 0.3) is 0 Å². The summed E-state index contributed by atoms with van der Waals surface area (Å²) < 4.78 is 5.39. The van der Waals surface area contributed by atoms with Crippen molar-refractivity contribution < 1.29 is 9.94 Å². The number of nitrogens with two attached hydrogens (primary N) is 1. The van der Waals surface area contributed by atoms with Gasteiger partial charge in [-0.2, -0.15) is 0 Å². The van der Waals surface area contributed by atoms with Gasteiger partial charge in [-0.1, -0.05) is 5.16 Å². The van der Waals surface area contributed by atoms with Crippen LogP contribution in [-0.2, 0) is 4.74 Å². The molecule has 0 saturated carbocycles. The standard InChI is InChI=1S/C8H17N3O2/c1-6-5-11(3-4-13-6)7(2)8(9)10-12/h6-7,12H,3-5H2,1-2H3,(H2,9,10). The third-order valence-electron chi connectivity index (χ3n) is 2.36. The van der Waals surface area contributed by atoms with Crippen LogP contribution in [0.1, 0.15) is 13.8 Å². The molecule has 13 heavy (non-hydrogen) atoms. The molecule has 1 aliphatic heterocycles. The van der Waals surface area contributed by atoms with Gasteiger partial charge in [0.2, 0.25) is 0 Å². The third kappa shape index (κ3) is 2.57. The Hall–Kier alpha value is -0.810. The smallest absolute Gasteiger partial charge is 0.156 e. The maximum atomic E-state index is 8.51. The zero-order valence-corrected chi connectivity index (χ0v) is 8.10. The molecule has 1 saturated heterocycles. The number of ether oxygens (including phenoxy) is 1. The van der Waals surface area contributed by atoms with Crippen LogP contribution in [0.3, 0.4) is 0 Å². The Balaban J connectivity index is 2.50. The van der Waals surface area contributed by atoms with Crippen molar-refractivity contribution in [1.82, 2.24) is 4.90 Å². The van der Waals surface area contributed by atoms with Crippen LogP contribution in [0, 0.1) is 0 Å². The molecular formula is C8H17N3O2. The molecule has 1 rings (SSSR count). The SMILES string of the molecule is CC1CN(C(C)/C(N)=N/O)CCO1. The summed E-state index contributed by atoms with van der Waals surface area (Å²) in [6.07, 6.45) is 0.225. The lowest BCUT2D eigenvalue weighted by molar-refractivity contribution is -0.0233. The largest absolute Gasteiger partial charge is 0.409 e. The van der Waals surface area contributed by atoms with Crippen LogP contribution in [0.2, 0.25) is 0 Å². The number of rotatable bonds is 2. The molecule has 0 amide bonds. The summed E-state index contributed by atoms with van der Waals surface area (Å²) in [6.45, 7) is 6.32. The summed E-state index contributed by atoms with van der Waals surface area (Å²) in [6, 6.07) is -0.0173. The molecule has 0 aromatic heterocycles. The van der Waals surface area contributed by atoms with Gasteiger partial charge in [-0.15, -0.1) is 0 Å². The first-order valence-electron chi connectivity index (χ1n) is 4.48. The van der Waals surface area contributed by atoms with E-state index >= 15 is 0 Å². The van der Waals surface area contributed by atoms with E-state index in [0.717, 1.165) is 13.1 Å². The quantitative estimate of drug-likeness (QED) is 0.273. The van der Waals surface area contributed by atoms with Crippen LogP contribution >= 0.6 is 0 Å². The van der Waals surface area contributed by atoms with E-state index in [-0.39, 0.29) is 18.0 Å². The molecule has 5 nitrogen and oxygen atoms in total. The Morgan fingerprint density at radius 3 is 3.00 bits per heavy atom. The minimum absolute atomic E-state index is 0.0173. The topological polar surface area (TPSA) is 71.1 Å². The van der Waals surface area contributed by atoms with Crippen LogP contribution < -0.4 is 5.73 Å². The van der Waals surface area contributed by atoms with Crippen LogP contribution in [0.5, 0.6) is 0 Å². The molecule has 0 bridgehead atoms. The lowest BCUT2D eigenvalue weighted by Gasteiger charge is -2.34. The maximum Gasteiger partial charge on any atom is 0.156 e. The van der Waals surface area contributed by atoms with Gasteiger partial charge in [0.1, 0.15) is 0 Å². The Morgan fingerprint density at radius 2 is 2.46 bits per heavy atom. The highest BCUT2D eigenvalue weighted by Crippen LogP contribution is 2.08. The molecule has 1 aliphatic rings. The summed E-state index contributed by atoms with van der Waals surface area (Å²) >= 11 is 0. The second-order valence-corrected chi connectivity index (χ2v) is 3.38. The Morgan fingerprint density at radius 1 is 1.77 bits per heavy atom. The van der Waals surface area contributed by atoms with Gasteiger partial charge in [0.05, 0.1) is 18.8 Å². The van der Waals surface area contributed by atoms with Gasteiger partial charge in [0, 0.05) is 13.1 Å². The monoisotopic (exact) mass is 187 g/mol. The fraction of sp³-hybridized carbons (Fsp3) is 0.875. The Bertz CT molecular complexity index is 196.